The third-order valence-corrected chi connectivity index (χ3v) is 4.34. The van der Waals surface area contributed by atoms with Crippen LogP contribution in [0.4, 0.5) is 5.69 Å². The van der Waals surface area contributed by atoms with E-state index in [1.54, 1.807) is 19.2 Å². The standard InChI is InChI=1S/C19H22ClNO2/c1-5-13-9-10-16(20)15(6-2)18(13)21-19(22)14-8-7-12(3)17(11-14)23-4/h7-11H,5-6H2,1-4H3,(H,21,22). The summed E-state index contributed by atoms with van der Waals surface area (Å²) in [5.41, 5.74) is 4.44. The lowest BCUT2D eigenvalue weighted by molar-refractivity contribution is 0.102. The Balaban J connectivity index is 2.39. The minimum Gasteiger partial charge on any atom is -0.496 e. The van der Waals surface area contributed by atoms with Gasteiger partial charge < -0.3 is 10.1 Å². The van der Waals surface area contributed by atoms with E-state index in [0.29, 0.717) is 16.3 Å². The fraction of sp³-hybridized carbons (Fsp3) is 0.316. The second-order valence-corrected chi connectivity index (χ2v) is 5.81. The Morgan fingerprint density at radius 2 is 1.91 bits per heavy atom. The molecule has 3 nitrogen and oxygen atoms in total. The number of nitrogens with one attached hydrogen (secondary N) is 1. The molecule has 0 aromatic heterocycles. The Hall–Kier alpha value is -2.00. The van der Waals surface area contributed by atoms with Crippen molar-refractivity contribution in [2.75, 3.05) is 12.4 Å². The Bertz CT molecular complexity index is 726. The van der Waals surface area contributed by atoms with Crippen molar-refractivity contribution in [2.24, 2.45) is 0 Å². The summed E-state index contributed by atoms with van der Waals surface area (Å²) in [4.78, 5) is 12.6. The molecule has 2 aromatic carbocycles. The monoisotopic (exact) mass is 331 g/mol. The van der Waals surface area contributed by atoms with Gasteiger partial charge in [0.1, 0.15) is 5.75 Å². The first-order chi connectivity index (χ1) is 11.0. The molecule has 1 amide bonds. The highest BCUT2D eigenvalue weighted by molar-refractivity contribution is 6.32. The summed E-state index contributed by atoms with van der Waals surface area (Å²) >= 11 is 6.29. The Morgan fingerprint density at radius 1 is 1.17 bits per heavy atom. The Labute approximate surface area is 142 Å². The van der Waals surface area contributed by atoms with Gasteiger partial charge in [0.05, 0.1) is 7.11 Å². The van der Waals surface area contributed by atoms with Crippen LogP contribution in [0.1, 0.15) is 40.9 Å². The SMILES string of the molecule is CCc1ccc(Cl)c(CC)c1NC(=O)c1ccc(C)c(OC)c1. The predicted molar refractivity (Wildman–Crippen MR) is 95.9 cm³/mol. The van der Waals surface area contributed by atoms with E-state index in [9.17, 15) is 4.79 Å². The highest BCUT2D eigenvalue weighted by atomic mass is 35.5. The van der Waals surface area contributed by atoms with Gasteiger partial charge in [-0.15, -0.1) is 0 Å². The fourth-order valence-electron chi connectivity index (χ4n) is 2.61. The topological polar surface area (TPSA) is 38.3 Å². The predicted octanol–water partition coefficient (Wildman–Crippen LogP) is 5.03. The third kappa shape index (κ3) is 3.67. The molecule has 0 fully saturated rings. The maximum absolute atomic E-state index is 12.6. The molecule has 122 valence electrons. The van der Waals surface area contributed by atoms with E-state index < -0.39 is 0 Å². The minimum atomic E-state index is -0.157. The van der Waals surface area contributed by atoms with Crippen LogP contribution in [0.2, 0.25) is 5.02 Å². The van der Waals surface area contributed by atoms with E-state index in [4.69, 9.17) is 16.3 Å². The number of amides is 1. The first-order valence-electron chi connectivity index (χ1n) is 7.78. The number of aryl methyl sites for hydroxylation is 2. The molecule has 0 bridgehead atoms. The van der Waals surface area contributed by atoms with Crippen LogP contribution in [0.5, 0.6) is 5.75 Å². The Kier molecular flexibility index (Phi) is 5.67. The van der Waals surface area contributed by atoms with E-state index in [2.05, 4.69) is 12.2 Å². The average molecular weight is 332 g/mol. The number of carbonyl (C=O) groups is 1. The van der Waals surface area contributed by atoms with Crippen molar-refractivity contribution >= 4 is 23.2 Å². The lowest BCUT2D eigenvalue weighted by atomic mass is 10.0. The summed E-state index contributed by atoms with van der Waals surface area (Å²) in [5, 5.41) is 3.71. The van der Waals surface area contributed by atoms with Crippen molar-refractivity contribution in [1.29, 1.82) is 0 Å². The maximum atomic E-state index is 12.6. The molecule has 0 unspecified atom stereocenters. The van der Waals surface area contributed by atoms with Crippen LogP contribution in [0.25, 0.3) is 0 Å². The van der Waals surface area contributed by atoms with E-state index in [0.717, 1.165) is 35.2 Å². The van der Waals surface area contributed by atoms with E-state index in [1.165, 1.54) is 0 Å². The number of hydrogen-bond donors (Lipinski definition) is 1. The number of ether oxygens (including phenoxy) is 1. The normalized spacial score (nSPS) is 10.5. The van der Waals surface area contributed by atoms with Crippen LogP contribution in [0, 0.1) is 6.92 Å². The molecular formula is C19H22ClNO2. The van der Waals surface area contributed by atoms with Crippen LogP contribution in [-0.4, -0.2) is 13.0 Å². The number of methoxy groups -OCH3 is 1. The van der Waals surface area contributed by atoms with Crippen LogP contribution in [0.15, 0.2) is 30.3 Å². The molecule has 2 aromatic rings. The zero-order chi connectivity index (χ0) is 17.0. The summed E-state index contributed by atoms with van der Waals surface area (Å²) in [6.45, 7) is 6.04. The molecule has 0 spiro atoms. The Morgan fingerprint density at radius 3 is 2.52 bits per heavy atom. The van der Waals surface area contributed by atoms with Crippen molar-refractivity contribution in [3.05, 3.63) is 57.6 Å². The van der Waals surface area contributed by atoms with Crippen molar-refractivity contribution in [3.8, 4) is 5.75 Å². The number of benzene rings is 2. The number of halogens is 1. The first-order valence-corrected chi connectivity index (χ1v) is 8.15. The molecule has 23 heavy (non-hydrogen) atoms. The smallest absolute Gasteiger partial charge is 0.255 e. The molecule has 0 aliphatic carbocycles. The zero-order valence-corrected chi connectivity index (χ0v) is 14.8. The van der Waals surface area contributed by atoms with Gasteiger partial charge in [0, 0.05) is 16.3 Å². The lowest BCUT2D eigenvalue weighted by Gasteiger charge is -2.16. The van der Waals surface area contributed by atoms with Gasteiger partial charge in [-0.05, 0) is 54.7 Å². The third-order valence-electron chi connectivity index (χ3n) is 3.99. The molecule has 0 saturated carbocycles. The molecule has 0 aliphatic rings. The zero-order valence-electron chi connectivity index (χ0n) is 14.0. The van der Waals surface area contributed by atoms with Gasteiger partial charge in [-0.3, -0.25) is 4.79 Å². The maximum Gasteiger partial charge on any atom is 0.255 e. The van der Waals surface area contributed by atoms with Crippen LogP contribution in [0.3, 0.4) is 0 Å². The van der Waals surface area contributed by atoms with Crippen LogP contribution >= 0.6 is 11.6 Å². The lowest BCUT2D eigenvalue weighted by Crippen LogP contribution is -2.15. The summed E-state index contributed by atoms with van der Waals surface area (Å²) in [5.74, 6) is 0.546. The summed E-state index contributed by atoms with van der Waals surface area (Å²) in [6, 6.07) is 9.30. The first kappa shape index (κ1) is 17.4. The van der Waals surface area contributed by atoms with Crippen molar-refractivity contribution in [2.45, 2.75) is 33.6 Å². The van der Waals surface area contributed by atoms with Crippen molar-refractivity contribution < 1.29 is 9.53 Å². The molecule has 0 saturated heterocycles. The quantitative estimate of drug-likeness (QED) is 0.834. The minimum absolute atomic E-state index is 0.157. The molecule has 1 N–H and O–H groups in total. The second-order valence-electron chi connectivity index (χ2n) is 5.41. The molecule has 0 heterocycles. The number of carbonyl (C=O) groups excluding carboxylic acids is 1. The molecule has 0 aliphatic heterocycles. The average Bonchev–Trinajstić information content (AvgIpc) is 2.55. The molecule has 0 atom stereocenters. The molecule has 4 heteroatoms. The van der Waals surface area contributed by atoms with Gasteiger partial charge in [-0.25, -0.2) is 0 Å². The second kappa shape index (κ2) is 7.51. The summed E-state index contributed by atoms with van der Waals surface area (Å²) in [6.07, 6.45) is 1.59. The van der Waals surface area contributed by atoms with Crippen molar-refractivity contribution in [1.82, 2.24) is 0 Å². The van der Waals surface area contributed by atoms with Crippen LogP contribution in [-0.2, 0) is 12.8 Å². The summed E-state index contributed by atoms with van der Waals surface area (Å²) in [7, 11) is 1.60. The van der Waals surface area contributed by atoms with E-state index >= 15 is 0 Å². The van der Waals surface area contributed by atoms with Gasteiger partial charge in [-0.1, -0.05) is 37.6 Å². The van der Waals surface area contributed by atoms with Gasteiger partial charge in [-0.2, -0.15) is 0 Å². The largest absolute Gasteiger partial charge is 0.496 e. The van der Waals surface area contributed by atoms with Gasteiger partial charge >= 0.3 is 0 Å². The summed E-state index contributed by atoms with van der Waals surface area (Å²) < 4.78 is 5.29. The highest BCUT2D eigenvalue weighted by Crippen LogP contribution is 2.30. The molecule has 2 rings (SSSR count). The van der Waals surface area contributed by atoms with E-state index in [-0.39, 0.29) is 5.91 Å². The van der Waals surface area contributed by atoms with Crippen molar-refractivity contribution in [3.63, 3.8) is 0 Å². The highest BCUT2D eigenvalue weighted by Gasteiger charge is 2.15. The molecular weight excluding hydrogens is 310 g/mol. The number of anilines is 1. The van der Waals surface area contributed by atoms with Crippen LogP contribution < -0.4 is 10.1 Å². The number of rotatable bonds is 5. The van der Waals surface area contributed by atoms with Gasteiger partial charge in [0.2, 0.25) is 0 Å². The molecule has 0 radical (unpaired) electrons. The van der Waals surface area contributed by atoms with Gasteiger partial charge in [0.15, 0.2) is 0 Å². The number of hydrogen-bond acceptors (Lipinski definition) is 2. The fourth-order valence-corrected chi connectivity index (χ4v) is 2.90. The van der Waals surface area contributed by atoms with E-state index in [1.807, 2.05) is 32.0 Å². The van der Waals surface area contributed by atoms with Gasteiger partial charge in [0.25, 0.3) is 5.91 Å².